The zero-order valence-corrected chi connectivity index (χ0v) is 8.23. The van der Waals surface area contributed by atoms with Crippen molar-refractivity contribution in [3.8, 4) is 0 Å². The highest BCUT2D eigenvalue weighted by Crippen LogP contribution is 2.33. The minimum absolute atomic E-state index is 0.727. The monoisotopic (exact) mass is 182 g/mol. The lowest BCUT2D eigenvalue weighted by Gasteiger charge is -2.18. The van der Waals surface area contributed by atoms with E-state index in [-0.39, 0.29) is 0 Å². The molecule has 66 valence electrons. The molecule has 0 unspecified atom stereocenters. The summed E-state index contributed by atoms with van der Waals surface area (Å²) in [7, 11) is 0. The Morgan fingerprint density at radius 2 is 1.92 bits per heavy atom. The van der Waals surface area contributed by atoms with Crippen LogP contribution in [0.15, 0.2) is 0 Å². The smallest absolute Gasteiger partial charge is 0.120 e. The molecule has 3 heteroatoms. The van der Waals surface area contributed by atoms with Gasteiger partial charge in [-0.1, -0.05) is 19.3 Å². The third-order valence-electron chi connectivity index (χ3n) is 2.50. The molecule has 0 aromatic carbocycles. The van der Waals surface area contributed by atoms with E-state index < -0.39 is 0 Å². The van der Waals surface area contributed by atoms with Gasteiger partial charge >= 0.3 is 0 Å². The minimum Gasteiger partial charge on any atom is -0.144 e. The molecule has 2 rings (SSSR count). The topological polar surface area (TPSA) is 25.8 Å². The zero-order valence-electron chi connectivity index (χ0n) is 7.42. The number of aromatic nitrogens is 2. The van der Waals surface area contributed by atoms with Crippen molar-refractivity contribution in [1.82, 2.24) is 10.2 Å². The molecule has 12 heavy (non-hydrogen) atoms. The fourth-order valence-corrected chi connectivity index (χ4v) is 2.69. The van der Waals surface area contributed by atoms with E-state index in [4.69, 9.17) is 0 Å². The molecule has 1 aliphatic rings. The van der Waals surface area contributed by atoms with Crippen molar-refractivity contribution in [3.63, 3.8) is 0 Å². The Bertz CT molecular complexity index is 251. The van der Waals surface area contributed by atoms with Crippen molar-refractivity contribution in [3.05, 3.63) is 10.0 Å². The second-order valence-corrected chi connectivity index (χ2v) is 4.71. The Morgan fingerprint density at radius 1 is 1.17 bits per heavy atom. The Balaban J connectivity index is 2.08. The standard InChI is InChI=1S/C9H14N2S/c1-7-10-11-9(12-7)8-5-3-2-4-6-8/h8H,2-6H2,1H3. The van der Waals surface area contributed by atoms with E-state index in [0.29, 0.717) is 0 Å². The summed E-state index contributed by atoms with van der Waals surface area (Å²) in [6, 6.07) is 0. The molecular formula is C9H14N2S. The summed E-state index contributed by atoms with van der Waals surface area (Å²) in [4.78, 5) is 0. The summed E-state index contributed by atoms with van der Waals surface area (Å²) < 4.78 is 0. The molecular weight excluding hydrogens is 168 g/mol. The van der Waals surface area contributed by atoms with Crippen LogP contribution in [0.3, 0.4) is 0 Å². The maximum atomic E-state index is 4.21. The third-order valence-corrected chi connectivity index (χ3v) is 3.50. The quantitative estimate of drug-likeness (QED) is 0.667. The Morgan fingerprint density at radius 3 is 2.50 bits per heavy atom. The number of hydrogen-bond acceptors (Lipinski definition) is 3. The van der Waals surface area contributed by atoms with Crippen LogP contribution in [-0.2, 0) is 0 Å². The molecule has 1 aromatic heterocycles. The van der Waals surface area contributed by atoms with Gasteiger partial charge in [0.05, 0.1) is 0 Å². The van der Waals surface area contributed by atoms with Crippen LogP contribution in [0, 0.1) is 6.92 Å². The molecule has 1 fully saturated rings. The molecule has 0 bridgehead atoms. The van der Waals surface area contributed by atoms with Crippen LogP contribution in [-0.4, -0.2) is 10.2 Å². The van der Waals surface area contributed by atoms with Gasteiger partial charge in [-0.15, -0.1) is 21.5 Å². The predicted molar refractivity (Wildman–Crippen MR) is 50.5 cm³/mol. The van der Waals surface area contributed by atoms with Crippen LogP contribution in [0.25, 0.3) is 0 Å². The molecule has 1 aliphatic carbocycles. The largest absolute Gasteiger partial charge is 0.144 e. The highest BCUT2D eigenvalue weighted by Gasteiger charge is 2.18. The SMILES string of the molecule is Cc1nnc(C2CCCCC2)s1. The van der Waals surface area contributed by atoms with Gasteiger partial charge in [0.1, 0.15) is 10.0 Å². The average molecular weight is 182 g/mol. The van der Waals surface area contributed by atoms with Gasteiger partial charge < -0.3 is 0 Å². The van der Waals surface area contributed by atoms with E-state index >= 15 is 0 Å². The van der Waals surface area contributed by atoms with Crippen LogP contribution < -0.4 is 0 Å². The number of nitrogens with zero attached hydrogens (tertiary/aromatic N) is 2. The van der Waals surface area contributed by atoms with E-state index in [1.165, 1.54) is 37.1 Å². The van der Waals surface area contributed by atoms with Crippen LogP contribution in [0.1, 0.15) is 48.0 Å². The van der Waals surface area contributed by atoms with Gasteiger partial charge in [-0.25, -0.2) is 0 Å². The summed E-state index contributed by atoms with van der Waals surface area (Å²) in [5.74, 6) is 0.727. The first-order valence-corrected chi connectivity index (χ1v) is 5.48. The normalized spacial score (nSPS) is 19.8. The molecule has 1 aromatic rings. The fraction of sp³-hybridized carbons (Fsp3) is 0.778. The van der Waals surface area contributed by atoms with Crippen molar-refractivity contribution in [2.75, 3.05) is 0 Å². The number of aryl methyl sites for hydroxylation is 1. The van der Waals surface area contributed by atoms with Crippen LogP contribution in [0.5, 0.6) is 0 Å². The van der Waals surface area contributed by atoms with E-state index in [0.717, 1.165) is 10.9 Å². The van der Waals surface area contributed by atoms with Gasteiger partial charge in [0.2, 0.25) is 0 Å². The lowest BCUT2D eigenvalue weighted by atomic mass is 9.90. The molecule has 0 radical (unpaired) electrons. The van der Waals surface area contributed by atoms with E-state index in [2.05, 4.69) is 10.2 Å². The first-order valence-electron chi connectivity index (χ1n) is 4.66. The highest BCUT2D eigenvalue weighted by atomic mass is 32.1. The second-order valence-electron chi connectivity index (χ2n) is 3.49. The van der Waals surface area contributed by atoms with Crippen molar-refractivity contribution >= 4 is 11.3 Å². The van der Waals surface area contributed by atoms with Gasteiger partial charge in [0, 0.05) is 5.92 Å². The molecule has 0 N–H and O–H groups in total. The summed E-state index contributed by atoms with van der Waals surface area (Å²) in [6.07, 6.45) is 6.82. The molecule has 0 spiro atoms. The molecule has 0 saturated heterocycles. The van der Waals surface area contributed by atoms with Gasteiger partial charge in [-0.3, -0.25) is 0 Å². The maximum absolute atomic E-state index is 4.21. The van der Waals surface area contributed by atoms with Crippen LogP contribution in [0.2, 0.25) is 0 Å². The predicted octanol–water partition coefficient (Wildman–Crippen LogP) is 2.89. The fourth-order valence-electron chi connectivity index (χ4n) is 1.83. The van der Waals surface area contributed by atoms with Crippen molar-refractivity contribution in [2.45, 2.75) is 44.9 Å². The lowest BCUT2D eigenvalue weighted by molar-refractivity contribution is 0.440. The van der Waals surface area contributed by atoms with Gasteiger partial charge in [-0.05, 0) is 19.8 Å². The molecule has 2 nitrogen and oxygen atoms in total. The van der Waals surface area contributed by atoms with Gasteiger partial charge in [-0.2, -0.15) is 0 Å². The summed E-state index contributed by atoms with van der Waals surface area (Å²) in [5, 5.41) is 10.6. The van der Waals surface area contributed by atoms with Gasteiger partial charge in [0.15, 0.2) is 0 Å². The van der Waals surface area contributed by atoms with Crippen molar-refractivity contribution in [1.29, 1.82) is 0 Å². The first-order chi connectivity index (χ1) is 5.86. The molecule has 0 aliphatic heterocycles. The number of hydrogen-bond donors (Lipinski definition) is 0. The Hall–Kier alpha value is -0.440. The highest BCUT2D eigenvalue weighted by molar-refractivity contribution is 7.11. The Kier molecular flexibility index (Phi) is 2.40. The Labute approximate surface area is 77.0 Å². The van der Waals surface area contributed by atoms with Crippen LogP contribution in [0.4, 0.5) is 0 Å². The average Bonchev–Trinajstić information content (AvgIpc) is 2.54. The van der Waals surface area contributed by atoms with Crippen LogP contribution >= 0.6 is 11.3 Å². The van der Waals surface area contributed by atoms with E-state index in [1.54, 1.807) is 11.3 Å². The maximum Gasteiger partial charge on any atom is 0.120 e. The van der Waals surface area contributed by atoms with Crippen molar-refractivity contribution in [2.24, 2.45) is 0 Å². The first kappa shape index (κ1) is 8.17. The molecule has 0 amide bonds. The lowest BCUT2D eigenvalue weighted by Crippen LogP contribution is -2.03. The summed E-state index contributed by atoms with van der Waals surface area (Å²) in [5.41, 5.74) is 0. The van der Waals surface area contributed by atoms with E-state index in [1.807, 2.05) is 6.92 Å². The van der Waals surface area contributed by atoms with Gasteiger partial charge in [0.25, 0.3) is 0 Å². The molecule has 1 saturated carbocycles. The third kappa shape index (κ3) is 1.66. The molecule has 0 atom stereocenters. The number of rotatable bonds is 1. The summed E-state index contributed by atoms with van der Waals surface area (Å²) >= 11 is 1.77. The summed E-state index contributed by atoms with van der Waals surface area (Å²) in [6.45, 7) is 2.03. The van der Waals surface area contributed by atoms with E-state index in [9.17, 15) is 0 Å². The second kappa shape index (κ2) is 3.52. The van der Waals surface area contributed by atoms with Crippen molar-refractivity contribution < 1.29 is 0 Å². The minimum atomic E-state index is 0.727. The zero-order chi connectivity index (χ0) is 8.39. The molecule has 1 heterocycles.